The number of nitrogens with one attached hydrogen (secondary N) is 2. The third-order valence-corrected chi connectivity index (χ3v) is 2.34. The zero-order chi connectivity index (χ0) is 13.5. The lowest BCUT2D eigenvalue weighted by Crippen LogP contribution is -2.39. The lowest BCUT2D eigenvalue weighted by Gasteiger charge is -2.14. The van der Waals surface area contributed by atoms with Crippen LogP contribution in [0.15, 0.2) is 18.2 Å². The van der Waals surface area contributed by atoms with Gasteiger partial charge in [-0.15, -0.1) is 0 Å². The quantitative estimate of drug-likeness (QED) is 0.841. The summed E-state index contributed by atoms with van der Waals surface area (Å²) in [4.78, 5) is 11.5. The van der Waals surface area contributed by atoms with Crippen LogP contribution in [0.5, 0.6) is 11.5 Å². The highest BCUT2D eigenvalue weighted by molar-refractivity contribution is 5.74. The van der Waals surface area contributed by atoms with E-state index in [1.54, 1.807) is 14.2 Å². The molecule has 0 saturated carbocycles. The number of rotatable bonds is 5. The zero-order valence-corrected chi connectivity index (χ0v) is 11.2. The van der Waals surface area contributed by atoms with Crippen LogP contribution in [0, 0.1) is 0 Å². The Kier molecular flexibility index (Phi) is 5.30. The molecule has 1 aromatic rings. The first-order valence-electron chi connectivity index (χ1n) is 5.82. The fourth-order valence-electron chi connectivity index (χ4n) is 1.58. The first kappa shape index (κ1) is 14.2. The summed E-state index contributed by atoms with van der Waals surface area (Å²) >= 11 is 0. The highest BCUT2D eigenvalue weighted by atomic mass is 16.5. The molecule has 0 aliphatic rings. The number of urea groups is 1. The molecule has 0 heterocycles. The van der Waals surface area contributed by atoms with Gasteiger partial charge in [0.1, 0.15) is 0 Å². The van der Waals surface area contributed by atoms with Gasteiger partial charge in [-0.1, -0.05) is 12.1 Å². The Hall–Kier alpha value is -1.91. The molecular weight excluding hydrogens is 232 g/mol. The maximum Gasteiger partial charge on any atom is 0.315 e. The van der Waals surface area contributed by atoms with Crippen molar-refractivity contribution in [2.45, 2.75) is 26.4 Å². The fourth-order valence-corrected chi connectivity index (χ4v) is 1.58. The number of carbonyl (C=O) groups is 1. The van der Waals surface area contributed by atoms with Crippen molar-refractivity contribution >= 4 is 6.03 Å². The number of hydrogen-bond acceptors (Lipinski definition) is 3. The van der Waals surface area contributed by atoms with Gasteiger partial charge in [-0.3, -0.25) is 0 Å². The number of benzene rings is 1. The van der Waals surface area contributed by atoms with Gasteiger partial charge < -0.3 is 20.1 Å². The van der Waals surface area contributed by atoms with Gasteiger partial charge in [-0.05, 0) is 19.9 Å². The van der Waals surface area contributed by atoms with Gasteiger partial charge in [0.05, 0.1) is 14.2 Å². The second kappa shape index (κ2) is 6.74. The molecule has 100 valence electrons. The molecule has 5 nitrogen and oxygen atoms in total. The molecule has 0 unspecified atom stereocenters. The lowest BCUT2D eigenvalue weighted by atomic mass is 10.2. The van der Waals surface area contributed by atoms with E-state index in [1.165, 1.54) is 0 Å². The van der Waals surface area contributed by atoms with E-state index in [0.29, 0.717) is 18.0 Å². The van der Waals surface area contributed by atoms with Crippen molar-refractivity contribution < 1.29 is 14.3 Å². The molecule has 0 saturated heterocycles. The molecule has 0 atom stereocenters. The predicted octanol–water partition coefficient (Wildman–Crippen LogP) is 1.91. The molecule has 5 heteroatoms. The van der Waals surface area contributed by atoms with Crippen molar-refractivity contribution in [3.8, 4) is 11.5 Å². The monoisotopic (exact) mass is 252 g/mol. The van der Waals surface area contributed by atoms with Gasteiger partial charge in [-0.2, -0.15) is 0 Å². The summed E-state index contributed by atoms with van der Waals surface area (Å²) in [6.45, 7) is 4.20. The molecule has 1 rings (SSSR count). The Morgan fingerprint density at radius 2 is 2.00 bits per heavy atom. The van der Waals surface area contributed by atoms with Crippen LogP contribution in [0.2, 0.25) is 0 Å². The molecule has 2 N–H and O–H groups in total. The standard InChI is InChI=1S/C13H20N2O3/c1-9(2)15-13(16)14-8-10-6-5-7-11(17-3)12(10)18-4/h5-7,9H,8H2,1-4H3,(H2,14,15,16). The van der Waals surface area contributed by atoms with E-state index >= 15 is 0 Å². The van der Waals surface area contributed by atoms with Crippen LogP contribution >= 0.6 is 0 Å². The van der Waals surface area contributed by atoms with Crippen molar-refractivity contribution in [1.82, 2.24) is 10.6 Å². The number of methoxy groups -OCH3 is 2. The second-order valence-corrected chi connectivity index (χ2v) is 4.13. The smallest absolute Gasteiger partial charge is 0.315 e. The largest absolute Gasteiger partial charge is 0.493 e. The van der Waals surface area contributed by atoms with Crippen molar-refractivity contribution in [1.29, 1.82) is 0 Å². The minimum atomic E-state index is -0.199. The van der Waals surface area contributed by atoms with Crippen LogP contribution in [-0.4, -0.2) is 26.3 Å². The molecule has 2 amide bonds. The summed E-state index contributed by atoms with van der Waals surface area (Å²) in [7, 11) is 3.16. The molecule has 0 radical (unpaired) electrons. The minimum Gasteiger partial charge on any atom is -0.493 e. The van der Waals surface area contributed by atoms with Gasteiger partial charge in [-0.25, -0.2) is 4.79 Å². The SMILES string of the molecule is COc1cccc(CNC(=O)NC(C)C)c1OC. The Balaban J connectivity index is 2.70. The molecule has 18 heavy (non-hydrogen) atoms. The Bertz CT molecular complexity index is 405. The molecule has 0 aromatic heterocycles. The zero-order valence-electron chi connectivity index (χ0n) is 11.2. The van der Waals surface area contributed by atoms with E-state index in [1.807, 2.05) is 32.0 Å². The highest BCUT2D eigenvalue weighted by Crippen LogP contribution is 2.30. The fraction of sp³-hybridized carbons (Fsp3) is 0.462. The third kappa shape index (κ3) is 3.84. The molecule has 0 aliphatic heterocycles. The van der Waals surface area contributed by atoms with Crippen LogP contribution in [0.1, 0.15) is 19.4 Å². The Labute approximate surface area is 107 Å². The van der Waals surface area contributed by atoms with E-state index in [2.05, 4.69) is 10.6 Å². The number of hydrogen-bond donors (Lipinski definition) is 2. The highest BCUT2D eigenvalue weighted by Gasteiger charge is 2.10. The van der Waals surface area contributed by atoms with Crippen molar-refractivity contribution in [3.63, 3.8) is 0 Å². The van der Waals surface area contributed by atoms with Crippen molar-refractivity contribution in [2.75, 3.05) is 14.2 Å². The van der Waals surface area contributed by atoms with Gasteiger partial charge in [0.25, 0.3) is 0 Å². The summed E-state index contributed by atoms with van der Waals surface area (Å²) in [6.07, 6.45) is 0. The molecule has 0 fully saturated rings. The summed E-state index contributed by atoms with van der Waals surface area (Å²) in [5, 5.41) is 5.53. The second-order valence-electron chi connectivity index (χ2n) is 4.13. The van der Waals surface area contributed by atoms with E-state index < -0.39 is 0 Å². The Morgan fingerprint density at radius 3 is 2.56 bits per heavy atom. The Morgan fingerprint density at radius 1 is 1.28 bits per heavy atom. The first-order valence-corrected chi connectivity index (χ1v) is 5.82. The average Bonchev–Trinajstić information content (AvgIpc) is 2.34. The number of carbonyl (C=O) groups excluding carboxylic acids is 1. The molecule has 0 spiro atoms. The summed E-state index contributed by atoms with van der Waals surface area (Å²) in [5.41, 5.74) is 0.871. The first-order chi connectivity index (χ1) is 8.58. The normalized spacial score (nSPS) is 10.1. The average molecular weight is 252 g/mol. The number of amides is 2. The van der Waals surface area contributed by atoms with Gasteiger partial charge in [0.15, 0.2) is 11.5 Å². The van der Waals surface area contributed by atoms with Gasteiger partial charge in [0.2, 0.25) is 0 Å². The predicted molar refractivity (Wildman–Crippen MR) is 70.1 cm³/mol. The van der Waals surface area contributed by atoms with Crippen LogP contribution in [-0.2, 0) is 6.54 Å². The van der Waals surface area contributed by atoms with E-state index in [0.717, 1.165) is 5.56 Å². The summed E-state index contributed by atoms with van der Waals surface area (Å²) in [6, 6.07) is 5.47. The van der Waals surface area contributed by atoms with E-state index in [4.69, 9.17) is 9.47 Å². The molecule has 1 aromatic carbocycles. The minimum absolute atomic E-state index is 0.109. The number of ether oxygens (including phenoxy) is 2. The maximum absolute atomic E-state index is 11.5. The van der Waals surface area contributed by atoms with Crippen LogP contribution < -0.4 is 20.1 Å². The molecular formula is C13H20N2O3. The van der Waals surface area contributed by atoms with Gasteiger partial charge >= 0.3 is 6.03 Å². The third-order valence-electron chi connectivity index (χ3n) is 2.34. The molecule has 0 aliphatic carbocycles. The van der Waals surface area contributed by atoms with Crippen LogP contribution in [0.25, 0.3) is 0 Å². The molecule has 0 bridgehead atoms. The summed E-state index contributed by atoms with van der Waals surface area (Å²) < 4.78 is 10.5. The van der Waals surface area contributed by atoms with E-state index in [-0.39, 0.29) is 12.1 Å². The number of para-hydroxylation sites is 1. The van der Waals surface area contributed by atoms with Gasteiger partial charge in [0, 0.05) is 18.2 Å². The maximum atomic E-state index is 11.5. The topological polar surface area (TPSA) is 59.6 Å². The lowest BCUT2D eigenvalue weighted by molar-refractivity contribution is 0.238. The van der Waals surface area contributed by atoms with Crippen LogP contribution in [0.4, 0.5) is 4.79 Å². The summed E-state index contributed by atoms with van der Waals surface area (Å²) in [5.74, 6) is 1.30. The van der Waals surface area contributed by atoms with Crippen molar-refractivity contribution in [3.05, 3.63) is 23.8 Å². The van der Waals surface area contributed by atoms with Crippen molar-refractivity contribution in [2.24, 2.45) is 0 Å². The van der Waals surface area contributed by atoms with Crippen LogP contribution in [0.3, 0.4) is 0 Å². The van der Waals surface area contributed by atoms with E-state index in [9.17, 15) is 4.79 Å².